The van der Waals surface area contributed by atoms with E-state index in [9.17, 15) is 41.0 Å². The number of carboxylic acid groups (broad SMARTS) is 1. The van der Waals surface area contributed by atoms with Crippen LogP contribution in [0.2, 0.25) is 0 Å². The zero-order valence-electron chi connectivity index (χ0n) is 26.3. The van der Waals surface area contributed by atoms with Gasteiger partial charge in [0, 0.05) is 49.9 Å². The molecule has 1 aromatic heterocycles. The van der Waals surface area contributed by atoms with Gasteiger partial charge < -0.3 is 24.8 Å². The van der Waals surface area contributed by atoms with Gasteiger partial charge in [0.05, 0.1) is 30.4 Å². The van der Waals surface area contributed by atoms with E-state index in [0.29, 0.717) is 53.5 Å². The van der Waals surface area contributed by atoms with Crippen molar-refractivity contribution in [3.8, 4) is 16.9 Å². The minimum absolute atomic E-state index is 0.0158. The third kappa shape index (κ3) is 7.66. The first-order chi connectivity index (χ1) is 22.5. The fourth-order valence-corrected chi connectivity index (χ4v) is 6.10. The number of carbonyl (C=O) groups is 2. The molecule has 0 bridgehead atoms. The normalized spacial score (nSPS) is 17.4. The van der Waals surface area contributed by atoms with Gasteiger partial charge in [0.25, 0.3) is 0 Å². The molecule has 1 fully saturated rings. The number of aromatic nitrogens is 2. The molecule has 3 atom stereocenters. The van der Waals surface area contributed by atoms with Crippen molar-refractivity contribution in [2.45, 2.75) is 76.5 Å². The first-order valence-electron chi connectivity index (χ1n) is 15.3. The smallest absolute Gasteiger partial charge is 0.416 e. The van der Waals surface area contributed by atoms with E-state index in [4.69, 9.17) is 14.5 Å². The molecule has 15 heteroatoms. The van der Waals surface area contributed by atoms with Crippen LogP contribution in [0.15, 0.2) is 36.5 Å². The lowest BCUT2D eigenvalue weighted by molar-refractivity contribution is -0.148. The van der Waals surface area contributed by atoms with Crippen LogP contribution in [0.3, 0.4) is 0 Å². The van der Waals surface area contributed by atoms with Crippen LogP contribution in [-0.2, 0) is 39.6 Å². The van der Waals surface area contributed by atoms with Crippen molar-refractivity contribution in [3.05, 3.63) is 70.0 Å². The number of hydrogen-bond acceptors (Lipinski definition) is 8. The molecule has 2 N–H and O–H groups in total. The van der Waals surface area contributed by atoms with Crippen LogP contribution in [0.4, 0.5) is 32.3 Å². The average Bonchev–Trinajstić information content (AvgIpc) is 3.36. The van der Waals surface area contributed by atoms with Crippen LogP contribution < -0.4 is 15.0 Å². The number of anilines is 1. The van der Waals surface area contributed by atoms with Crippen molar-refractivity contribution in [2.75, 3.05) is 25.1 Å². The number of nitrogens with one attached hydrogen (secondary N) is 1. The summed E-state index contributed by atoms with van der Waals surface area (Å²) in [6.07, 6.45) is -7.85. The Morgan fingerprint density at radius 1 is 1.04 bits per heavy atom. The molecule has 2 heterocycles. The summed E-state index contributed by atoms with van der Waals surface area (Å²) in [4.78, 5) is 34.8. The molecular formula is C33H34F6N4O5. The van der Waals surface area contributed by atoms with Gasteiger partial charge in [-0.3, -0.25) is 9.59 Å². The third-order valence-electron chi connectivity index (χ3n) is 8.65. The highest BCUT2D eigenvalue weighted by molar-refractivity contribution is 5.75. The lowest BCUT2D eigenvalue weighted by Crippen LogP contribution is -2.39. The fraction of sp³-hybridized carbons (Fsp3) is 0.455. The molecule has 0 unspecified atom stereocenters. The number of methoxy groups -OCH3 is 1. The molecule has 0 amide bonds. The lowest BCUT2D eigenvalue weighted by atomic mass is 9.93. The fourth-order valence-electron chi connectivity index (χ4n) is 6.10. The predicted octanol–water partition coefficient (Wildman–Crippen LogP) is 6.69. The van der Waals surface area contributed by atoms with Gasteiger partial charge in [-0.25, -0.2) is 9.97 Å². The van der Waals surface area contributed by atoms with Crippen molar-refractivity contribution < 1.29 is 50.5 Å². The first kappa shape index (κ1) is 34.9. The SMILES string of the molecule is COc1cc2c(cc1-c1cnc(N3CCC3)nc1CN[C@@H](C)[C@H](OC(C)=O)c1cc(C(F)(F)F)cc(C(F)(F)F)c1)[C@H](CC(=O)O)CC2. The predicted molar refractivity (Wildman–Crippen MR) is 161 cm³/mol. The van der Waals surface area contributed by atoms with E-state index >= 15 is 0 Å². The first-order valence-corrected chi connectivity index (χ1v) is 15.3. The van der Waals surface area contributed by atoms with Gasteiger partial charge in [0.1, 0.15) is 11.9 Å². The topological polar surface area (TPSA) is 114 Å². The van der Waals surface area contributed by atoms with Crippen LogP contribution in [0.25, 0.3) is 11.1 Å². The van der Waals surface area contributed by atoms with Crippen LogP contribution in [0.5, 0.6) is 5.75 Å². The van der Waals surface area contributed by atoms with Gasteiger partial charge in [-0.2, -0.15) is 26.3 Å². The Balaban J connectivity index is 1.53. The number of halogens is 6. The minimum Gasteiger partial charge on any atom is -0.496 e. The molecule has 9 nitrogen and oxygen atoms in total. The van der Waals surface area contributed by atoms with Crippen molar-refractivity contribution in [1.82, 2.24) is 15.3 Å². The number of carboxylic acids is 1. The molecule has 5 rings (SSSR count). The minimum atomic E-state index is -5.09. The van der Waals surface area contributed by atoms with Gasteiger partial charge in [0.15, 0.2) is 0 Å². The van der Waals surface area contributed by atoms with E-state index < -0.39 is 53.1 Å². The number of alkyl halides is 6. The van der Waals surface area contributed by atoms with Crippen LogP contribution in [0, 0.1) is 0 Å². The standard InChI is InChI=1S/C33H34F6N4O5/c1-17(30(48-18(2)44)21-9-22(32(34,35)36)13-23(10-21)33(37,38)39)40-16-27-26(15-41-31(42-27)43-7-4-8-43)25-14-24-19(11-28(25)47-3)5-6-20(24)12-29(45)46/h9-11,13-15,17,20,30,40H,4-8,12,16H2,1-3H3,(H,45,46)/t17-,20-,30-/m0/s1. The second-order valence-corrected chi connectivity index (χ2v) is 12.0. The Labute approximate surface area is 272 Å². The van der Waals surface area contributed by atoms with Crippen molar-refractivity contribution in [2.24, 2.45) is 0 Å². The Hall–Kier alpha value is -4.40. The van der Waals surface area contributed by atoms with Gasteiger partial charge in [-0.1, -0.05) is 0 Å². The lowest BCUT2D eigenvalue weighted by Gasteiger charge is -2.31. The average molecular weight is 681 g/mol. The van der Waals surface area contributed by atoms with E-state index in [0.717, 1.165) is 37.6 Å². The zero-order chi connectivity index (χ0) is 35.0. The van der Waals surface area contributed by atoms with Crippen LogP contribution in [-0.4, -0.2) is 53.3 Å². The highest BCUT2D eigenvalue weighted by atomic mass is 19.4. The number of hydrogen-bond donors (Lipinski definition) is 2. The quantitative estimate of drug-likeness (QED) is 0.169. The molecule has 2 aliphatic rings. The van der Waals surface area contributed by atoms with Crippen LogP contribution >= 0.6 is 0 Å². The summed E-state index contributed by atoms with van der Waals surface area (Å²) < 4.78 is 93.0. The zero-order valence-corrected chi connectivity index (χ0v) is 26.3. The third-order valence-corrected chi connectivity index (χ3v) is 8.65. The number of esters is 1. The number of rotatable bonds is 11. The Morgan fingerprint density at radius 2 is 1.71 bits per heavy atom. The van der Waals surface area contributed by atoms with Crippen molar-refractivity contribution in [1.29, 1.82) is 0 Å². The maximum atomic E-state index is 13.7. The van der Waals surface area contributed by atoms with Gasteiger partial charge in [-0.15, -0.1) is 0 Å². The number of carbonyl (C=O) groups excluding carboxylic acids is 1. The molecule has 1 aliphatic heterocycles. The number of aryl methyl sites for hydroxylation is 1. The largest absolute Gasteiger partial charge is 0.496 e. The summed E-state index contributed by atoms with van der Waals surface area (Å²) in [6, 6.07) is 3.84. The van der Waals surface area contributed by atoms with E-state index in [1.165, 1.54) is 14.0 Å². The number of nitrogens with zero attached hydrogens (tertiary/aromatic N) is 3. The molecule has 0 radical (unpaired) electrons. The summed E-state index contributed by atoms with van der Waals surface area (Å²) >= 11 is 0. The van der Waals surface area contributed by atoms with Gasteiger partial charge in [0.2, 0.25) is 5.95 Å². The number of aliphatic carboxylic acids is 1. The molecule has 258 valence electrons. The molecule has 1 saturated heterocycles. The van der Waals surface area contributed by atoms with Gasteiger partial charge in [-0.05, 0) is 79.1 Å². The van der Waals surface area contributed by atoms with E-state index in [-0.39, 0.29) is 24.9 Å². The van der Waals surface area contributed by atoms with Crippen LogP contribution in [0.1, 0.15) is 78.6 Å². The number of benzene rings is 2. The summed E-state index contributed by atoms with van der Waals surface area (Å²) in [5.41, 5.74) is -0.145. The molecule has 1 aliphatic carbocycles. The maximum Gasteiger partial charge on any atom is 0.416 e. The van der Waals surface area contributed by atoms with Crippen molar-refractivity contribution in [3.63, 3.8) is 0 Å². The number of ether oxygens (including phenoxy) is 2. The molecule has 0 saturated carbocycles. The van der Waals surface area contributed by atoms with E-state index in [1.54, 1.807) is 6.20 Å². The summed E-state index contributed by atoms with van der Waals surface area (Å²) in [5, 5.41) is 12.5. The monoisotopic (exact) mass is 680 g/mol. The highest BCUT2D eigenvalue weighted by Gasteiger charge is 2.39. The van der Waals surface area contributed by atoms with E-state index in [1.807, 2.05) is 17.0 Å². The molecule has 3 aromatic rings. The summed E-state index contributed by atoms with van der Waals surface area (Å²) in [7, 11) is 1.50. The Bertz CT molecular complexity index is 1660. The van der Waals surface area contributed by atoms with Crippen molar-refractivity contribution >= 4 is 17.9 Å². The summed E-state index contributed by atoms with van der Waals surface area (Å²) in [6.45, 7) is 3.89. The second-order valence-electron chi connectivity index (χ2n) is 12.0. The number of fused-ring (bicyclic) bond motifs is 1. The molecule has 48 heavy (non-hydrogen) atoms. The Morgan fingerprint density at radius 3 is 2.25 bits per heavy atom. The van der Waals surface area contributed by atoms with E-state index in [2.05, 4.69) is 10.3 Å². The summed E-state index contributed by atoms with van der Waals surface area (Å²) in [5.74, 6) is -1.09. The Kier molecular flexibility index (Phi) is 9.90. The molecular weight excluding hydrogens is 646 g/mol. The maximum absolute atomic E-state index is 13.7. The highest BCUT2D eigenvalue weighted by Crippen LogP contribution is 2.43. The molecule has 0 spiro atoms. The second kappa shape index (κ2) is 13.6. The van der Waals surface area contributed by atoms with Gasteiger partial charge >= 0.3 is 24.3 Å². The molecule has 2 aromatic carbocycles.